The summed E-state index contributed by atoms with van der Waals surface area (Å²) in [5.41, 5.74) is 10.9. The van der Waals surface area contributed by atoms with Gasteiger partial charge in [0.15, 0.2) is 13.1 Å². The molecule has 26 heavy (non-hydrogen) atoms. The van der Waals surface area contributed by atoms with Gasteiger partial charge in [-0.15, -0.1) is 0 Å². The first-order valence-electron chi connectivity index (χ1n) is 7.84. The molecule has 3 rings (SSSR count). The van der Waals surface area contributed by atoms with Crippen LogP contribution in [0, 0.1) is 0 Å². The predicted molar refractivity (Wildman–Crippen MR) is 104 cm³/mol. The van der Waals surface area contributed by atoms with Crippen molar-refractivity contribution >= 4 is 35.1 Å². The zero-order valence-corrected chi connectivity index (χ0v) is 14.7. The lowest BCUT2D eigenvalue weighted by Gasteiger charge is -2.19. The fourth-order valence-corrected chi connectivity index (χ4v) is 5.14. The molecule has 1 amide bonds. The van der Waals surface area contributed by atoms with Gasteiger partial charge in [-0.1, -0.05) is 66.7 Å². The van der Waals surface area contributed by atoms with E-state index in [1.165, 1.54) is 6.07 Å². The van der Waals surface area contributed by atoms with E-state index in [4.69, 9.17) is 11.5 Å². The molecule has 0 saturated heterocycles. The van der Waals surface area contributed by atoms with Crippen molar-refractivity contribution in [1.82, 2.24) is 4.98 Å². The molecule has 4 N–H and O–H groups in total. The first kappa shape index (κ1) is 17.6. The van der Waals surface area contributed by atoms with Gasteiger partial charge in [0, 0.05) is 10.6 Å². The molecule has 1 aromatic heterocycles. The van der Waals surface area contributed by atoms with Crippen LogP contribution >= 0.6 is 7.14 Å². The van der Waals surface area contributed by atoms with E-state index in [9.17, 15) is 9.36 Å². The number of pyridine rings is 1. The van der Waals surface area contributed by atoms with Gasteiger partial charge in [0.05, 0.1) is 0 Å². The highest BCUT2D eigenvalue weighted by atomic mass is 31.2. The Kier molecular flexibility index (Phi) is 4.96. The fourth-order valence-electron chi connectivity index (χ4n) is 2.58. The van der Waals surface area contributed by atoms with Crippen molar-refractivity contribution in [2.45, 2.75) is 0 Å². The van der Waals surface area contributed by atoms with Gasteiger partial charge in [-0.05, 0) is 12.1 Å². The molecule has 0 aliphatic rings. The molecule has 0 saturated carbocycles. The van der Waals surface area contributed by atoms with Crippen LogP contribution in [0.1, 0.15) is 10.5 Å². The molecule has 6 nitrogen and oxygen atoms in total. The van der Waals surface area contributed by atoms with Crippen LogP contribution in [0.4, 0.5) is 0 Å². The van der Waals surface area contributed by atoms with Crippen molar-refractivity contribution in [3.8, 4) is 0 Å². The third-order valence-electron chi connectivity index (χ3n) is 3.75. The van der Waals surface area contributed by atoms with Gasteiger partial charge in [-0.2, -0.15) is 4.99 Å². The minimum atomic E-state index is -3.25. The van der Waals surface area contributed by atoms with Crippen LogP contribution in [0.5, 0.6) is 0 Å². The molecular weight excluding hydrogens is 347 g/mol. The third kappa shape index (κ3) is 3.41. The Balaban J connectivity index is 2.20. The number of aliphatic imine (C=N–C) groups is 1. The quantitative estimate of drug-likeness (QED) is 0.410. The average Bonchev–Trinajstić information content (AvgIpc) is 2.68. The number of guanidine groups is 1. The second-order valence-electron chi connectivity index (χ2n) is 5.50. The molecule has 3 aromatic rings. The Morgan fingerprint density at radius 3 is 1.85 bits per heavy atom. The van der Waals surface area contributed by atoms with Gasteiger partial charge in [-0.25, -0.2) is 4.98 Å². The Morgan fingerprint density at radius 1 is 0.808 bits per heavy atom. The van der Waals surface area contributed by atoms with E-state index in [1.807, 2.05) is 36.4 Å². The molecule has 0 bridgehead atoms. The summed E-state index contributed by atoms with van der Waals surface area (Å²) in [6, 6.07) is 22.9. The predicted octanol–water partition coefficient (Wildman–Crippen LogP) is 1.13. The summed E-state index contributed by atoms with van der Waals surface area (Å²) in [5, 5.41) is 1.26. The zero-order valence-electron chi connectivity index (χ0n) is 13.8. The van der Waals surface area contributed by atoms with E-state index in [0.29, 0.717) is 16.0 Å². The number of carbonyl (C=O) groups excluding carboxylic acids is 1. The molecule has 0 aliphatic heterocycles. The number of carbonyl (C=O) groups is 1. The molecular formula is C19H17N4O2P. The maximum absolute atomic E-state index is 14.2. The van der Waals surface area contributed by atoms with Crippen molar-refractivity contribution < 1.29 is 9.36 Å². The molecule has 0 fully saturated rings. The Bertz CT molecular complexity index is 957. The average molecular weight is 364 g/mol. The zero-order chi connectivity index (χ0) is 18.6. The monoisotopic (exact) mass is 364 g/mol. The van der Waals surface area contributed by atoms with E-state index >= 15 is 0 Å². The summed E-state index contributed by atoms with van der Waals surface area (Å²) in [6.45, 7) is 0. The molecule has 0 radical (unpaired) electrons. The second-order valence-corrected chi connectivity index (χ2v) is 8.21. The first-order valence-corrected chi connectivity index (χ1v) is 9.55. The van der Waals surface area contributed by atoms with Crippen LogP contribution in [-0.2, 0) is 4.57 Å². The van der Waals surface area contributed by atoms with Gasteiger partial charge in [0.2, 0.25) is 0 Å². The topological polar surface area (TPSA) is 111 Å². The summed E-state index contributed by atoms with van der Waals surface area (Å²) in [5.74, 6) is -1.03. The molecule has 2 aromatic carbocycles. The SMILES string of the molecule is NC(N)=NC(=O)c1cccc(P(=O)(c2ccccc2)c2ccccc2)n1. The fraction of sp³-hybridized carbons (Fsp3) is 0. The number of nitrogens with two attached hydrogens (primary N) is 2. The van der Waals surface area contributed by atoms with E-state index < -0.39 is 13.0 Å². The van der Waals surface area contributed by atoms with Crippen LogP contribution in [0.25, 0.3) is 0 Å². The highest BCUT2D eigenvalue weighted by Gasteiger charge is 2.31. The third-order valence-corrected chi connectivity index (χ3v) is 6.69. The second kappa shape index (κ2) is 7.33. The van der Waals surface area contributed by atoms with Crippen LogP contribution in [0.15, 0.2) is 83.9 Å². The summed E-state index contributed by atoms with van der Waals surface area (Å²) >= 11 is 0. The lowest BCUT2D eigenvalue weighted by Crippen LogP contribution is -2.28. The smallest absolute Gasteiger partial charge is 0.298 e. The van der Waals surface area contributed by atoms with Crippen LogP contribution in [0.3, 0.4) is 0 Å². The van der Waals surface area contributed by atoms with Crippen molar-refractivity contribution in [1.29, 1.82) is 0 Å². The first-order chi connectivity index (χ1) is 12.5. The highest BCUT2D eigenvalue weighted by molar-refractivity contribution is 7.85. The summed E-state index contributed by atoms with van der Waals surface area (Å²) in [4.78, 5) is 19.9. The number of rotatable bonds is 4. The van der Waals surface area contributed by atoms with E-state index in [2.05, 4.69) is 9.98 Å². The van der Waals surface area contributed by atoms with Gasteiger partial charge in [-0.3, -0.25) is 4.79 Å². The summed E-state index contributed by atoms with van der Waals surface area (Å²) in [7, 11) is -3.25. The number of nitrogens with zero attached hydrogens (tertiary/aromatic N) is 2. The Morgan fingerprint density at radius 2 is 1.35 bits per heavy atom. The maximum atomic E-state index is 14.2. The standard InChI is InChI=1S/C19H17N4O2P/c20-19(21)23-18(24)16-12-7-13-17(22-16)26(25,14-8-3-1-4-9-14)15-10-5-2-6-11-15/h1-13H,(H4,20,21,23,24). The molecule has 0 spiro atoms. The summed E-state index contributed by atoms with van der Waals surface area (Å²) in [6.07, 6.45) is 0. The number of aromatic nitrogens is 1. The summed E-state index contributed by atoms with van der Waals surface area (Å²) < 4.78 is 14.2. The van der Waals surface area contributed by atoms with E-state index in [-0.39, 0.29) is 11.7 Å². The van der Waals surface area contributed by atoms with Gasteiger partial charge < -0.3 is 16.0 Å². The van der Waals surface area contributed by atoms with Gasteiger partial charge >= 0.3 is 0 Å². The Labute approximate surface area is 151 Å². The maximum Gasteiger partial charge on any atom is 0.298 e. The number of hydrogen-bond donors (Lipinski definition) is 2. The Hall–Kier alpha value is -3.24. The normalized spacial score (nSPS) is 10.9. The van der Waals surface area contributed by atoms with Crippen molar-refractivity contribution in [3.63, 3.8) is 0 Å². The molecule has 0 atom stereocenters. The molecule has 0 unspecified atom stereocenters. The minimum Gasteiger partial charge on any atom is -0.370 e. The van der Waals surface area contributed by atoms with Crippen LogP contribution < -0.4 is 27.5 Å². The van der Waals surface area contributed by atoms with Gasteiger partial charge in [0.1, 0.15) is 11.1 Å². The van der Waals surface area contributed by atoms with Crippen LogP contribution in [0.2, 0.25) is 0 Å². The molecule has 1 heterocycles. The number of amides is 1. The lowest BCUT2D eigenvalue weighted by molar-refractivity contribution is 0.0998. The van der Waals surface area contributed by atoms with E-state index in [0.717, 1.165) is 0 Å². The highest BCUT2D eigenvalue weighted by Crippen LogP contribution is 2.41. The van der Waals surface area contributed by atoms with Crippen molar-refractivity contribution in [2.24, 2.45) is 16.5 Å². The minimum absolute atomic E-state index is 0.0305. The molecule has 7 heteroatoms. The van der Waals surface area contributed by atoms with Gasteiger partial charge in [0.25, 0.3) is 5.91 Å². The van der Waals surface area contributed by atoms with E-state index in [1.54, 1.807) is 36.4 Å². The molecule has 130 valence electrons. The van der Waals surface area contributed by atoms with Crippen molar-refractivity contribution in [2.75, 3.05) is 0 Å². The largest absolute Gasteiger partial charge is 0.370 e. The number of hydrogen-bond acceptors (Lipinski definition) is 3. The van der Waals surface area contributed by atoms with Crippen LogP contribution in [-0.4, -0.2) is 16.9 Å². The lowest BCUT2D eigenvalue weighted by atomic mass is 10.3. The number of benzene rings is 2. The molecule has 0 aliphatic carbocycles. The van der Waals surface area contributed by atoms with Crippen molar-refractivity contribution in [3.05, 3.63) is 84.6 Å².